The van der Waals surface area contributed by atoms with Crippen LogP contribution in [0.3, 0.4) is 0 Å². The molecule has 0 radical (unpaired) electrons. The zero-order chi connectivity index (χ0) is 13.9. The molecule has 0 unspecified atom stereocenters. The highest BCUT2D eigenvalue weighted by Crippen LogP contribution is 2.23. The Labute approximate surface area is 105 Å². The Kier molecular flexibility index (Phi) is 4.78. The molecule has 1 aromatic rings. The Morgan fingerprint density at radius 2 is 1.78 bits per heavy atom. The summed E-state index contributed by atoms with van der Waals surface area (Å²) in [5.74, 6) is -2.70. The largest absolute Gasteiger partial charge is 0.392 e. The molecule has 0 aliphatic rings. The van der Waals surface area contributed by atoms with Crippen LogP contribution in [0.4, 0.5) is 8.78 Å². The van der Waals surface area contributed by atoms with E-state index in [1.807, 2.05) is 0 Å². The van der Waals surface area contributed by atoms with Gasteiger partial charge in [0.1, 0.15) is 4.90 Å². The third-order valence-electron chi connectivity index (χ3n) is 2.56. The van der Waals surface area contributed by atoms with Gasteiger partial charge < -0.3 is 5.11 Å². The molecule has 18 heavy (non-hydrogen) atoms. The summed E-state index contributed by atoms with van der Waals surface area (Å²) >= 11 is 0. The molecule has 102 valence electrons. The number of benzene rings is 1. The predicted octanol–water partition coefficient (Wildman–Crippen LogP) is 1.49. The van der Waals surface area contributed by atoms with E-state index in [2.05, 4.69) is 0 Å². The molecule has 1 rings (SSSR count). The molecular weight excluding hydrogens is 264 g/mol. The third kappa shape index (κ3) is 2.68. The van der Waals surface area contributed by atoms with Gasteiger partial charge in [-0.15, -0.1) is 0 Å². The summed E-state index contributed by atoms with van der Waals surface area (Å²) in [5.41, 5.74) is 0.0135. The van der Waals surface area contributed by atoms with E-state index < -0.39 is 33.2 Å². The zero-order valence-electron chi connectivity index (χ0n) is 10.2. The minimum atomic E-state index is -4.08. The van der Waals surface area contributed by atoms with E-state index in [0.717, 1.165) is 16.4 Å². The van der Waals surface area contributed by atoms with Gasteiger partial charge in [-0.05, 0) is 17.7 Å². The van der Waals surface area contributed by atoms with Crippen LogP contribution in [0.5, 0.6) is 0 Å². The van der Waals surface area contributed by atoms with E-state index in [1.165, 1.54) is 0 Å². The van der Waals surface area contributed by atoms with E-state index in [0.29, 0.717) is 0 Å². The molecule has 0 spiro atoms. The minimum Gasteiger partial charge on any atom is -0.392 e. The molecule has 0 aliphatic heterocycles. The lowest BCUT2D eigenvalue weighted by Crippen LogP contribution is -2.31. The maximum absolute atomic E-state index is 13.6. The molecule has 1 N–H and O–H groups in total. The number of halogens is 2. The highest BCUT2D eigenvalue weighted by atomic mass is 32.2. The van der Waals surface area contributed by atoms with Gasteiger partial charge in [-0.3, -0.25) is 0 Å². The third-order valence-corrected chi connectivity index (χ3v) is 4.61. The average Bonchev–Trinajstić information content (AvgIpc) is 2.33. The van der Waals surface area contributed by atoms with Crippen molar-refractivity contribution in [3.8, 4) is 0 Å². The topological polar surface area (TPSA) is 57.6 Å². The number of nitrogens with zero attached hydrogens (tertiary/aromatic N) is 1. The highest BCUT2D eigenvalue weighted by molar-refractivity contribution is 7.89. The second-order valence-electron chi connectivity index (χ2n) is 3.64. The van der Waals surface area contributed by atoms with Crippen LogP contribution in [0.1, 0.15) is 19.4 Å². The number of hydrogen-bond donors (Lipinski definition) is 1. The van der Waals surface area contributed by atoms with Gasteiger partial charge in [0.2, 0.25) is 10.0 Å². The second-order valence-corrected chi connectivity index (χ2v) is 5.54. The molecule has 0 saturated heterocycles. The first kappa shape index (κ1) is 15.0. The zero-order valence-corrected chi connectivity index (χ0v) is 11.0. The van der Waals surface area contributed by atoms with Crippen molar-refractivity contribution in [3.63, 3.8) is 0 Å². The summed E-state index contributed by atoms with van der Waals surface area (Å²) in [6, 6.07) is 1.72. The standard InChI is InChI=1S/C11H15F2NO3S/c1-3-14(4-2)18(16,17)10-6-8(7-15)5-9(12)11(10)13/h5-6,15H,3-4,7H2,1-2H3. The lowest BCUT2D eigenvalue weighted by molar-refractivity contribution is 0.280. The van der Waals surface area contributed by atoms with Crippen LogP contribution in [-0.2, 0) is 16.6 Å². The van der Waals surface area contributed by atoms with Gasteiger partial charge in [-0.25, -0.2) is 17.2 Å². The smallest absolute Gasteiger partial charge is 0.246 e. The summed E-state index contributed by atoms with van der Waals surface area (Å²) in [7, 11) is -4.08. The van der Waals surface area contributed by atoms with E-state index >= 15 is 0 Å². The Morgan fingerprint density at radius 3 is 2.22 bits per heavy atom. The molecule has 7 heteroatoms. The number of sulfonamides is 1. The fourth-order valence-corrected chi connectivity index (χ4v) is 3.18. The van der Waals surface area contributed by atoms with Crippen LogP contribution in [-0.4, -0.2) is 30.9 Å². The van der Waals surface area contributed by atoms with Gasteiger partial charge in [0.05, 0.1) is 6.61 Å². The molecule has 0 heterocycles. The molecule has 0 aromatic heterocycles. The van der Waals surface area contributed by atoms with Crippen LogP contribution in [0.2, 0.25) is 0 Å². The summed E-state index contributed by atoms with van der Waals surface area (Å²) in [5, 5.41) is 8.90. The van der Waals surface area contributed by atoms with Crippen LogP contribution >= 0.6 is 0 Å². The fourth-order valence-electron chi connectivity index (χ4n) is 1.60. The Hall–Kier alpha value is -1.05. The first-order valence-electron chi connectivity index (χ1n) is 5.47. The van der Waals surface area contributed by atoms with E-state index in [4.69, 9.17) is 5.11 Å². The quantitative estimate of drug-likeness (QED) is 0.888. The molecule has 0 fully saturated rings. The molecule has 0 amide bonds. The number of rotatable bonds is 5. The summed E-state index contributed by atoms with van der Waals surface area (Å²) < 4.78 is 52.0. The lowest BCUT2D eigenvalue weighted by atomic mass is 10.2. The summed E-state index contributed by atoms with van der Waals surface area (Å²) in [4.78, 5) is -0.741. The predicted molar refractivity (Wildman–Crippen MR) is 62.4 cm³/mol. The van der Waals surface area contributed by atoms with Gasteiger partial charge in [0, 0.05) is 13.1 Å². The number of aliphatic hydroxyl groups is 1. The van der Waals surface area contributed by atoms with Crippen molar-refractivity contribution in [1.29, 1.82) is 0 Å². The van der Waals surface area contributed by atoms with Gasteiger partial charge in [0.25, 0.3) is 0 Å². The lowest BCUT2D eigenvalue weighted by Gasteiger charge is -2.19. The first-order chi connectivity index (χ1) is 8.38. The van der Waals surface area contributed by atoms with E-state index in [1.54, 1.807) is 13.8 Å². The minimum absolute atomic E-state index is 0.0135. The maximum atomic E-state index is 13.6. The van der Waals surface area contributed by atoms with Crippen LogP contribution in [0.25, 0.3) is 0 Å². The monoisotopic (exact) mass is 279 g/mol. The van der Waals surface area contributed by atoms with Crippen LogP contribution < -0.4 is 0 Å². The molecular formula is C11H15F2NO3S. The summed E-state index contributed by atoms with van der Waals surface area (Å²) in [6.07, 6.45) is 0. The molecule has 4 nitrogen and oxygen atoms in total. The van der Waals surface area contributed by atoms with Gasteiger partial charge in [0.15, 0.2) is 11.6 Å². The second kappa shape index (κ2) is 5.73. The van der Waals surface area contributed by atoms with Crippen molar-refractivity contribution in [3.05, 3.63) is 29.3 Å². The molecule has 0 atom stereocenters. The maximum Gasteiger partial charge on any atom is 0.246 e. The average molecular weight is 279 g/mol. The molecule has 0 saturated carbocycles. The van der Waals surface area contributed by atoms with Crippen molar-refractivity contribution in [2.45, 2.75) is 25.3 Å². The molecule has 0 bridgehead atoms. The number of hydrogen-bond acceptors (Lipinski definition) is 3. The van der Waals surface area contributed by atoms with Gasteiger partial charge in [-0.2, -0.15) is 4.31 Å². The Morgan fingerprint density at radius 1 is 1.22 bits per heavy atom. The van der Waals surface area contributed by atoms with E-state index in [9.17, 15) is 17.2 Å². The van der Waals surface area contributed by atoms with Gasteiger partial charge >= 0.3 is 0 Å². The van der Waals surface area contributed by atoms with Crippen molar-refractivity contribution < 1.29 is 22.3 Å². The van der Waals surface area contributed by atoms with Crippen LogP contribution in [0.15, 0.2) is 17.0 Å². The summed E-state index contributed by atoms with van der Waals surface area (Å²) in [6.45, 7) is 2.96. The van der Waals surface area contributed by atoms with Crippen LogP contribution in [0, 0.1) is 11.6 Å². The number of aliphatic hydroxyl groups excluding tert-OH is 1. The van der Waals surface area contributed by atoms with Crippen molar-refractivity contribution >= 4 is 10.0 Å². The van der Waals surface area contributed by atoms with E-state index in [-0.39, 0.29) is 18.7 Å². The molecule has 1 aromatic carbocycles. The Bertz CT molecular complexity index is 527. The van der Waals surface area contributed by atoms with Gasteiger partial charge in [-0.1, -0.05) is 13.8 Å². The van der Waals surface area contributed by atoms with Crippen molar-refractivity contribution in [2.75, 3.05) is 13.1 Å². The highest BCUT2D eigenvalue weighted by Gasteiger charge is 2.27. The van der Waals surface area contributed by atoms with Crippen molar-refractivity contribution in [2.24, 2.45) is 0 Å². The SMILES string of the molecule is CCN(CC)S(=O)(=O)c1cc(CO)cc(F)c1F. The first-order valence-corrected chi connectivity index (χ1v) is 6.91. The van der Waals surface area contributed by atoms with Crippen molar-refractivity contribution in [1.82, 2.24) is 4.31 Å². The normalized spacial score (nSPS) is 12.1. The fraction of sp³-hybridized carbons (Fsp3) is 0.455. The Balaban J connectivity index is 3.45. The molecule has 0 aliphatic carbocycles.